The number of aryl methyl sites for hydroxylation is 1. The maximum atomic E-state index is 14.1. The van der Waals surface area contributed by atoms with E-state index in [1.165, 1.54) is 51.6 Å². The summed E-state index contributed by atoms with van der Waals surface area (Å²) in [4.78, 5) is 16.9. The molecule has 4 rings (SSSR count). The summed E-state index contributed by atoms with van der Waals surface area (Å²) in [5.41, 5.74) is 1.28. The van der Waals surface area contributed by atoms with Crippen LogP contribution in [0.1, 0.15) is 41.4 Å². The number of rotatable bonds is 11. The van der Waals surface area contributed by atoms with Crippen molar-refractivity contribution in [3.05, 3.63) is 77.2 Å². The first-order valence-corrected chi connectivity index (χ1v) is 13.0. The van der Waals surface area contributed by atoms with Crippen molar-refractivity contribution < 1.29 is 46.4 Å². The Hall–Kier alpha value is -4.45. The number of aromatic nitrogens is 1. The third-order valence-corrected chi connectivity index (χ3v) is 6.02. The van der Waals surface area contributed by atoms with Gasteiger partial charge in [0.25, 0.3) is 0 Å². The number of benzene rings is 3. The summed E-state index contributed by atoms with van der Waals surface area (Å²) in [5.74, 6) is -0.610. The van der Waals surface area contributed by atoms with Gasteiger partial charge in [-0.05, 0) is 30.7 Å². The van der Waals surface area contributed by atoms with Gasteiger partial charge in [0.1, 0.15) is 41.5 Å². The first-order chi connectivity index (χ1) is 20.0. The molecule has 0 amide bonds. The summed E-state index contributed by atoms with van der Waals surface area (Å²) in [5, 5.41) is 12.6. The molecule has 0 fully saturated rings. The monoisotopic (exact) mass is 592 g/mol. The number of aliphatic hydroxyl groups excluding tert-OH is 1. The molecular formula is C30H32F4N2O6. The number of hydrogen-bond donors (Lipinski definition) is 3. The minimum atomic E-state index is -4.88. The van der Waals surface area contributed by atoms with E-state index in [9.17, 15) is 22.4 Å². The molecule has 3 N–H and O–H groups in total. The number of nitrogens with one attached hydrogen (secondary N) is 2. The van der Waals surface area contributed by atoms with Gasteiger partial charge in [-0.3, -0.25) is 4.79 Å². The summed E-state index contributed by atoms with van der Waals surface area (Å²) < 4.78 is 72.9. The standard InChI is InChI=1S/C28H26F4N2O6.C2H6/c1-15-8-21-22(14-33-23(21)13-24(15)40-28(30,31)32)27(36)26(20-5-4-16(29)9-25(20)38-3)34-17-10-18(37-2)12-19(11-17)39-7-6-35;1-2/h4-5,8-14,26,33-35H,6-7H2,1-3H3;1-2H3. The van der Waals surface area contributed by atoms with E-state index >= 15 is 0 Å². The van der Waals surface area contributed by atoms with Crippen LogP contribution in [0.2, 0.25) is 0 Å². The Kier molecular flexibility index (Phi) is 10.6. The molecule has 0 aliphatic heterocycles. The average molecular weight is 593 g/mol. The molecule has 226 valence electrons. The molecule has 1 atom stereocenters. The van der Waals surface area contributed by atoms with Crippen LogP contribution in [0.25, 0.3) is 10.9 Å². The molecule has 0 saturated heterocycles. The molecule has 3 aromatic carbocycles. The number of Topliss-reactive ketones (excluding diaryl/α,β-unsaturated/α-hetero) is 1. The van der Waals surface area contributed by atoms with Gasteiger partial charge >= 0.3 is 6.36 Å². The first kappa shape index (κ1) is 32.1. The third kappa shape index (κ3) is 7.64. The third-order valence-electron chi connectivity index (χ3n) is 6.02. The minimum Gasteiger partial charge on any atom is -0.497 e. The highest BCUT2D eigenvalue weighted by atomic mass is 19.4. The van der Waals surface area contributed by atoms with Crippen molar-refractivity contribution in [1.82, 2.24) is 4.98 Å². The highest BCUT2D eigenvalue weighted by Gasteiger charge is 2.33. The number of carbonyl (C=O) groups is 1. The van der Waals surface area contributed by atoms with Crippen LogP contribution in [0.3, 0.4) is 0 Å². The predicted molar refractivity (Wildman–Crippen MR) is 150 cm³/mol. The molecule has 12 heteroatoms. The molecule has 0 saturated carbocycles. The van der Waals surface area contributed by atoms with E-state index in [1.807, 2.05) is 13.8 Å². The normalized spacial score (nSPS) is 11.8. The number of halogens is 4. The van der Waals surface area contributed by atoms with Gasteiger partial charge in [-0.25, -0.2) is 4.39 Å². The van der Waals surface area contributed by atoms with E-state index in [0.717, 1.165) is 6.07 Å². The van der Waals surface area contributed by atoms with Gasteiger partial charge in [0.05, 0.1) is 20.8 Å². The van der Waals surface area contributed by atoms with Crippen molar-refractivity contribution in [2.24, 2.45) is 0 Å². The van der Waals surface area contributed by atoms with Gasteiger partial charge in [-0.1, -0.05) is 13.8 Å². The van der Waals surface area contributed by atoms with Gasteiger partial charge in [-0.15, -0.1) is 13.2 Å². The van der Waals surface area contributed by atoms with Gasteiger partial charge in [0.2, 0.25) is 0 Å². The second kappa shape index (κ2) is 13.9. The molecule has 0 radical (unpaired) electrons. The predicted octanol–water partition coefficient (Wildman–Crippen LogP) is 6.96. The number of carbonyl (C=O) groups excluding carboxylic acids is 1. The van der Waals surface area contributed by atoms with Crippen LogP contribution >= 0.6 is 0 Å². The fourth-order valence-corrected chi connectivity index (χ4v) is 4.25. The lowest BCUT2D eigenvalue weighted by atomic mass is 9.95. The van der Waals surface area contributed by atoms with Crippen molar-refractivity contribution in [2.45, 2.75) is 33.2 Å². The second-order valence-corrected chi connectivity index (χ2v) is 8.71. The number of aliphatic hydroxyl groups is 1. The lowest BCUT2D eigenvalue weighted by Crippen LogP contribution is -2.22. The first-order valence-electron chi connectivity index (χ1n) is 13.0. The van der Waals surface area contributed by atoms with Crippen molar-refractivity contribution in [3.8, 4) is 23.0 Å². The van der Waals surface area contributed by atoms with Crippen LogP contribution in [-0.2, 0) is 0 Å². The lowest BCUT2D eigenvalue weighted by Gasteiger charge is -2.22. The van der Waals surface area contributed by atoms with Crippen molar-refractivity contribution in [3.63, 3.8) is 0 Å². The van der Waals surface area contributed by atoms with E-state index in [2.05, 4.69) is 15.0 Å². The largest absolute Gasteiger partial charge is 0.573 e. The quantitative estimate of drug-likeness (QED) is 0.128. The molecule has 42 heavy (non-hydrogen) atoms. The van der Waals surface area contributed by atoms with Crippen LogP contribution in [0.4, 0.5) is 23.2 Å². The van der Waals surface area contributed by atoms with E-state index < -0.39 is 29.8 Å². The minimum absolute atomic E-state index is 0.0233. The topological polar surface area (TPSA) is 102 Å². The summed E-state index contributed by atoms with van der Waals surface area (Å²) in [6.07, 6.45) is -3.50. The van der Waals surface area contributed by atoms with Crippen molar-refractivity contribution in [1.29, 1.82) is 0 Å². The highest BCUT2D eigenvalue weighted by molar-refractivity contribution is 6.12. The molecule has 1 unspecified atom stereocenters. The maximum absolute atomic E-state index is 14.1. The Labute approximate surface area is 240 Å². The Balaban J connectivity index is 0.00000237. The van der Waals surface area contributed by atoms with Crippen molar-refractivity contribution in [2.75, 3.05) is 32.8 Å². The smallest absolute Gasteiger partial charge is 0.497 e. The Morgan fingerprint density at radius 2 is 1.71 bits per heavy atom. The average Bonchev–Trinajstić information content (AvgIpc) is 3.37. The number of ether oxygens (including phenoxy) is 4. The number of methoxy groups -OCH3 is 2. The molecule has 1 heterocycles. The maximum Gasteiger partial charge on any atom is 0.573 e. The summed E-state index contributed by atoms with van der Waals surface area (Å²) in [6, 6.07) is 9.98. The van der Waals surface area contributed by atoms with Gasteiger partial charge < -0.3 is 34.4 Å². The molecule has 0 bridgehead atoms. The number of fused-ring (bicyclic) bond motifs is 1. The number of hydrogen-bond acceptors (Lipinski definition) is 7. The lowest BCUT2D eigenvalue weighted by molar-refractivity contribution is -0.274. The fraction of sp³-hybridized carbons (Fsp3) is 0.300. The number of H-pyrrole nitrogens is 1. The van der Waals surface area contributed by atoms with Crippen LogP contribution in [0, 0.1) is 12.7 Å². The fourth-order valence-electron chi connectivity index (χ4n) is 4.25. The number of aromatic amines is 1. The summed E-state index contributed by atoms with van der Waals surface area (Å²) in [6.45, 7) is 5.24. The zero-order valence-corrected chi connectivity index (χ0v) is 23.7. The number of anilines is 1. The molecule has 0 aliphatic carbocycles. The van der Waals surface area contributed by atoms with Crippen LogP contribution < -0.4 is 24.3 Å². The van der Waals surface area contributed by atoms with Gasteiger partial charge in [0.15, 0.2) is 5.78 Å². The number of alkyl halides is 3. The summed E-state index contributed by atoms with van der Waals surface area (Å²) in [7, 11) is 2.79. The zero-order chi connectivity index (χ0) is 31.0. The molecule has 0 aliphatic rings. The van der Waals surface area contributed by atoms with Crippen LogP contribution in [0.5, 0.6) is 23.0 Å². The van der Waals surface area contributed by atoms with Crippen LogP contribution in [-0.4, -0.2) is 49.7 Å². The summed E-state index contributed by atoms with van der Waals surface area (Å²) >= 11 is 0. The molecular weight excluding hydrogens is 560 g/mol. The Morgan fingerprint density at radius 1 is 1.00 bits per heavy atom. The van der Waals surface area contributed by atoms with E-state index in [4.69, 9.17) is 19.3 Å². The van der Waals surface area contributed by atoms with Gasteiger partial charge in [0, 0.05) is 64.2 Å². The Morgan fingerprint density at radius 3 is 2.36 bits per heavy atom. The zero-order valence-electron chi connectivity index (χ0n) is 23.7. The van der Waals surface area contributed by atoms with E-state index in [0.29, 0.717) is 28.1 Å². The highest BCUT2D eigenvalue weighted by Crippen LogP contribution is 2.37. The SMILES string of the molecule is CC.COc1cc(NC(C(=O)c2c[nH]c3cc(OC(F)(F)F)c(C)cc23)c2ccc(F)cc2OC)cc(OCCO)c1. The van der Waals surface area contributed by atoms with Crippen molar-refractivity contribution >= 4 is 22.4 Å². The molecule has 4 aromatic rings. The molecule has 1 aromatic heterocycles. The van der Waals surface area contributed by atoms with E-state index in [1.54, 1.807) is 18.2 Å². The van der Waals surface area contributed by atoms with Gasteiger partial charge in [-0.2, -0.15) is 0 Å². The van der Waals surface area contributed by atoms with E-state index in [-0.39, 0.29) is 35.6 Å². The van der Waals surface area contributed by atoms with Crippen LogP contribution in [0.15, 0.2) is 54.7 Å². The number of ketones is 1. The second-order valence-electron chi connectivity index (χ2n) is 8.71. The molecule has 0 spiro atoms. The molecule has 8 nitrogen and oxygen atoms in total. The Bertz CT molecular complexity index is 1520.